The standard InChI is InChI=1S/C58H52N3O.Pt/c1-37-21-23-39(24-22-37)42-29-30-59-51(35-42)44-32-43(33-46(34-44)58(6,7)8)47-18-14-19-52-55(47)60-56(48-17-12-13-20-54(48)62)61(52)53-31-38(2)49(36-50(53)40-15-10-9-11-16-40)41-25-27-45(28-26-41)57(3,4)5;/h9-31,33-36,62H,1-8H3;/q-1;/i1D3,2D3,21D,22D,23D,24D,29D,30D,35D;. The molecule has 0 atom stereocenters. The maximum atomic E-state index is 11.6. The van der Waals surface area contributed by atoms with Crippen molar-refractivity contribution in [2.45, 2.75) is 66.1 Å². The molecule has 2 heterocycles. The largest absolute Gasteiger partial charge is 0.507 e. The Labute approximate surface area is 404 Å². The molecule has 0 radical (unpaired) electrons. The molecule has 0 saturated heterocycles. The van der Waals surface area contributed by atoms with Gasteiger partial charge in [0.1, 0.15) is 11.6 Å². The quantitative estimate of drug-likeness (QED) is 0.162. The number of phenols is 1. The van der Waals surface area contributed by atoms with E-state index >= 15 is 0 Å². The first kappa shape index (κ1) is 29.9. The Hall–Kier alpha value is -6.35. The molecule has 0 aliphatic carbocycles. The smallest absolute Gasteiger partial charge is 0.148 e. The Kier molecular flexibility index (Phi) is 8.09. The van der Waals surface area contributed by atoms with Gasteiger partial charge in [-0.15, -0.1) is 29.3 Å². The molecule has 0 unspecified atom stereocenters. The Morgan fingerprint density at radius 1 is 0.603 bits per heavy atom. The average molecular weight is 1020 g/mol. The number of nitrogens with zero attached hydrogens (tertiary/aromatic N) is 3. The number of rotatable bonds is 7. The predicted octanol–water partition coefficient (Wildman–Crippen LogP) is 15.1. The van der Waals surface area contributed by atoms with Crippen LogP contribution in [0.3, 0.4) is 0 Å². The number of imidazole rings is 1. The van der Waals surface area contributed by atoms with E-state index in [1.54, 1.807) is 36.4 Å². The van der Waals surface area contributed by atoms with Crippen LogP contribution in [0.5, 0.6) is 5.75 Å². The summed E-state index contributed by atoms with van der Waals surface area (Å²) in [6.07, 6.45) is -0.629. The van der Waals surface area contributed by atoms with Crippen LogP contribution in [0.25, 0.3) is 83.9 Å². The fourth-order valence-corrected chi connectivity index (χ4v) is 7.70. The molecule has 1 N–H and O–H groups in total. The molecule has 63 heavy (non-hydrogen) atoms. The van der Waals surface area contributed by atoms with Gasteiger partial charge in [0.25, 0.3) is 0 Å². The van der Waals surface area contributed by atoms with Crippen LogP contribution in [0, 0.1) is 19.8 Å². The molecular weight excluding hydrogens is 950 g/mol. The minimum Gasteiger partial charge on any atom is -0.507 e. The molecule has 5 heteroatoms. The number of benzene rings is 7. The molecule has 0 fully saturated rings. The maximum Gasteiger partial charge on any atom is 0.148 e. The molecule has 2 aromatic heterocycles. The van der Waals surface area contributed by atoms with Gasteiger partial charge in [0.05, 0.1) is 31.9 Å². The summed E-state index contributed by atoms with van der Waals surface area (Å²) in [5.74, 6) is 0.225. The van der Waals surface area contributed by atoms with Crippen molar-refractivity contribution in [2.75, 3.05) is 0 Å². The van der Waals surface area contributed by atoms with Gasteiger partial charge in [-0.1, -0.05) is 167 Å². The molecule has 0 aliphatic heterocycles. The first-order chi connectivity index (χ1) is 35.1. The summed E-state index contributed by atoms with van der Waals surface area (Å²) >= 11 is 0. The van der Waals surface area contributed by atoms with Gasteiger partial charge in [-0.25, -0.2) is 4.98 Å². The molecule has 316 valence electrons. The van der Waals surface area contributed by atoms with Crippen molar-refractivity contribution < 1.29 is 44.0 Å². The van der Waals surface area contributed by atoms with Crippen LogP contribution in [-0.2, 0) is 31.9 Å². The minimum atomic E-state index is -3.00. The number of hydrogen-bond donors (Lipinski definition) is 1. The summed E-state index contributed by atoms with van der Waals surface area (Å²) in [5.41, 5.74) is 5.09. The van der Waals surface area contributed by atoms with E-state index in [2.05, 4.69) is 31.8 Å². The third kappa shape index (κ3) is 8.58. The average Bonchev–Trinajstić information content (AvgIpc) is 3.76. The van der Waals surface area contributed by atoms with Crippen molar-refractivity contribution in [3.63, 3.8) is 0 Å². The Bertz CT molecular complexity index is 3710. The zero-order chi connectivity index (χ0) is 54.4. The van der Waals surface area contributed by atoms with E-state index in [0.29, 0.717) is 50.4 Å². The van der Waals surface area contributed by atoms with E-state index in [9.17, 15) is 6.48 Å². The van der Waals surface area contributed by atoms with Crippen LogP contribution in [0.2, 0.25) is 0 Å². The van der Waals surface area contributed by atoms with Crippen LogP contribution in [0.4, 0.5) is 0 Å². The molecule has 4 nitrogen and oxygen atoms in total. The zero-order valence-corrected chi connectivity index (χ0v) is 37.9. The maximum absolute atomic E-state index is 11.6. The number of para-hydroxylation sites is 2. The zero-order valence-electron chi connectivity index (χ0n) is 48.7. The second kappa shape index (κ2) is 17.1. The molecule has 7 aromatic carbocycles. The number of fused-ring (bicyclic) bond motifs is 1. The molecule has 9 rings (SSSR count). The predicted molar refractivity (Wildman–Crippen MR) is 259 cm³/mol. The Balaban J connectivity index is 0.00000765. The van der Waals surface area contributed by atoms with E-state index in [4.69, 9.17) is 21.4 Å². The summed E-state index contributed by atoms with van der Waals surface area (Å²) < 4.78 is 115. The summed E-state index contributed by atoms with van der Waals surface area (Å²) in [7, 11) is 0. The fraction of sp³-hybridized carbons (Fsp3) is 0.172. The van der Waals surface area contributed by atoms with Crippen molar-refractivity contribution in [1.82, 2.24) is 14.5 Å². The normalized spacial score (nSPS) is 15.1. The number of aryl methyl sites for hydroxylation is 1. The van der Waals surface area contributed by atoms with E-state index in [-0.39, 0.29) is 49.1 Å². The van der Waals surface area contributed by atoms with Crippen molar-refractivity contribution in [1.29, 1.82) is 0 Å². The summed E-state index contributed by atoms with van der Waals surface area (Å²) in [6.45, 7) is 6.73. The summed E-state index contributed by atoms with van der Waals surface area (Å²) in [4.78, 5) is 9.69. The summed E-state index contributed by atoms with van der Waals surface area (Å²) in [6, 6.07) is 36.1. The first-order valence-electron chi connectivity index (χ1n) is 26.9. The van der Waals surface area contributed by atoms with Crippen LogP contribution >= 0.6 is 0 Å². The van der Waals surface area contributed by atoms with Crippen molar-refractivity contribution in [3.05, 3.63) is 192 Å². The van der Waals surface area contributed by atoms with Gasteiger partial charge < -0.3 is 5.11 Å². The number of pyridine rings is 1. The SMILES string of the molecule is [2H]c1nc(-c2[c-]c(-c3cccc4c3nc(-c3ccccc3O)n4-c3cc(C([2H])([2H])[2H])c(-c4ccc(C(C)(C)C)cc4)cc3-c3ccccc3)cc(C(C)(C)C)c2)c([2H])c(-c2c([2H])c([2H])c(C([2H])([2H])[2H])c([2H])c2[2H])c1[2H].[Pt]. The molecule has 0 saturated carbocycles. The topological polar surface area (TPSA) is 50.9 Å². The van der Waals surface area contributed by atoms with Crippen molar-refractivity contribution in [3.8, 4) is 78.6 Å². The third-order valence-corrected chi connectivity index (χ3v) is 11.1. The number of aromatic hydroxyl groups is 1. The molecule has 9 aromatic rings. The van der Waals surface area contributed by atoms with Gasteiger partial charge in [0.15, 0.2) is 0 Å². The monoisotopic (exact) mass is 1010 g/mol. The minimum absolute atomic E-state index is 0. The fourth-order valence-electron chi connectivity index (χ4n) is 7.70. The van der Waals surface area contributed by atoms with Gasteiger partial charge in [-0.2, -0.15) is 0 Å². The van der Waals surface area contributed by atoms with Gasteiger partial charge in [0.2, 0.25) is 0 Å². The van der Waals surface area contributed by atoms with Crippen LogP contribution in [-0.4, -0.2) is 19.6 Å². The van der Waals surface area contributed by atoms with Gasteiger partial charge in [0, 0.05) is 46.7 Å². The van der Waals surface area contributed by atoms with Gasteiger partial charge in [-0.3, -0.25) is 9.55 Å². The number of hydrogen-bond acceptors (Lipinski definition) is 3. The van der Waals surface area contributed by atoms with Crippen LogP contribution < -0.4 is 0 Å². The Morgan fingerprint density at radius 2 is 1.29 bits per heavy atom. The van der Waals surface area contributed by atoms with E-state index in [1.165, 1.54) is 0 Å². The number of aromatic nitrogens is 3. The van der Waals surface area contributed by atoms with Crippen molar-refractivity contribution in [2.24, 2.45) is 0 Å². The molecule has 0 bridgehead atoms. The third-order valence-electron chi connectivity index (χ3n) is 11.1. The van der Waals surface area contributed by atoms with Crippen LogP contribution in [0.15, 0.2) is 164 Å². The van der Waals surface area contributed by atoms with E-state index < -0.39 is 78.2 Å². The van der Waals surface area contributed by atoms with E-state index in [0.717, 1.165) is 22.3 Å². The van der Waals surface area contributed by atoms with E-state index in [1.807, 2.05) is 110 Å². The second-order valence-corrected chi connectivity index (χ2v) is 17.5. The molecule has 0 aliphatic rings. The summed E-state index contributed by atoms with van der Waals surface area (Å²) in [5, 5.41) is 11.6. The first-order valence-corrected chi connectivity index (χ1v) is 20.4. The van der Waals surface area contributed by atoms with Crippen molar-refractivity contribution >= 4 is 11.0 Å². The van der Waals surface area contributed by atoms with Gasteiger partial charge in [-0.05, 0) is 99.9 Å². The van der Waals surface area contributed by atoms with Gasteiger partial charge >= 0.3 is 0 Å². The Morgan fingerprint density at radius 3 is 1.98 bits per heavy atom. The second-order valence-electron chi connectivity index (χ2n) is 17.5. The number of phenolic OH excluding ortho intramolecular Hbond substituents is 1. The molecule has 0 amide bonds. The molecule has 0 spiro atoms. The van der Waals surface area contributed by atoms with Crippen LogP contribution in [0.1, 0.15) is 81.6 Å². The molecular formula is C58H52N3OPt-.